The van der Waals surface area contributed by atoms with Gasteiger partial charge in [0.05, 0.1) is 10.4 Å². The number of pyridine rings is 1. The first-order chi connectivity index (χ1) is 15.6. The van der Waals surface area contributed by atoms with Crippen LogP contribution in [0.3, 0.4) is 0 Å². The van der Waals surface area contributed by atoms with Gasteiger partial charge in [-0.05, 0) is 76.5 Å². The Morgan fingerprint density at radius 2 is 1.91 bits per heavy atom. The third-order valence-electron chi connectivity index (χ3n) is 6.05. The number of hydrogen-bond donors (Lipinski definition) is 2. The third kappa shape index (κ3) is 5.66. The van der Waals surface area contributed by atoms with Crippen LogP contribution in [-0.2, 0) is 6.42 Å². The quantitative estimate of drug-likeness (QED) is 0.296. The van der Waals surface area contributed by atoms with Gasteiger partial charge in [0.2, 0.25) is 0 Å². The molecule has 2 unspecified atom stereocenters. The van der Waals surface area contributed by atoms with Crippen LogP contribution in [-0.4, -0.2) is 39.9 Å². The maximum Gasteiger partial charge on any atom is 0.156 e. The fourth-order valence-electron chi connectivity index (χ4n) is 4.51. The lowest BCUT2D eigenvalue weighted by Crippen LogP contribution is -2.15. The van der Waals surface area contributed by atoms with E-state index >= 15 is 0 Å². The van der Waals surface area contributed by atoms with Gasteiger partial charge in [-0.15, -0.1) is 0 Å². The van der Waals surface area contributed by atoms with Crippen molar-refractivity contribution in [2.24, 2.45) is 5.92 Å². The molecule has 0 radical (unpaired) electrons. The van der Waals surface area contributed by atoms with Crippen molar-refractivity contribution >= 4 is 39.9 Å². The Labute approximate surface area is 203 Å². The summed E-state index contributed by atoms with van der Waals surface area (Å²) < 4.78 is 4.32. The highest BCUT2D eigenvalue weighted by molar-refractivity contribution is 6.33. The van der Waals surface area contributed by atoms with Crippen molar-refractivity contribution in [3.63, 3.8) is 0 Å². The van der Waals surface area contributed by atoms with Crippen LogP contribution >= 0.6 is 23.2 Å². The minimum atomic E-state index is -1.50. The number of fused-ring (bicyclic) bond motifs is 2. The lowest BCUT2D eigenvalue weighted by atomic mass is 9.98. The van der Waals surface area contributed by atoms with Crippen LogP contribution in [0.2, 0.25) is 10.2 Å². The topological polar surface area (TPSA) is 88.5 Å². The van der Waals surface area contributed by atoms with E-state index in [9.17, 15) is 0 Å². The fourth-order valence-corrected chi connectivity index (χ4v) is 4.95. The predicted octanol–water partition coefficient (Wildman–Crippen LogP) is 5.38. The molecule has 4 aromatic heterocycles. The number of aryl methyl sites for hydroxylation is 2. The predicted molar refractivity (Wildman–Crippen MR) is 131 cm³/mol. The molecule has 4 aromatic rings. The van der Waals surface area contributed by atoms with Crippen LogP contribution in [0.1, 0.15) is 56.8 Å². The van der Waals surface area contributed by atoms with E-state index in [0.717, 1.165) is 46.7 Å². The molecule has 0 bridgehead atoms. The lowest BCUT2D eigenvalue weighted by Gasteiger charge is -2.15. The molecule has 4 heterocycles. The van der Waals surface area contributed by atoms with Gasteiger partial charge in [0.25, 0.3) is 0 Å². The molecule has 0 aliphatic heterocycles. The van der Waals surface area contributed by atoms with E-state index in [-0.39, 0.29) is 0 Å². The average Bonchev–Trinajstić information content (AvgIpc) is 3.45. The fraction of sp³-hybridized carbons (Fsp3) is 0.458. The smallest absolute Gasteiger partial charge is 0.156 e. The van der Waals surface area contributed by atoms with E-state index in [2.05, 4.69) is 31.8 Å². The van der Waals surface area contributed by atoms with Gasteiger partial charge in [-0.25, -0.2) is 15.0 Å². The van der Waals surface area contributed by atoms with E-state index in [1.807, 2.05) is 29.8 Å². The van der Waals surface area contributed by atoms with E-state index in [4.69, 9.17) is 33.4 Å². The number of halogens is 2. The van der Waals surface area contributed by atoms with Crippen molar-refractivity contribution in [1.29, 1.82) is 0 Å². The van der Waals surface area contributed by atoms with E-state index in [1.165, 1.54) is 32.3 Å². The molecule has 1 saturated carbocycles. The van der Waals surface area contributed by atoms with Crippen molar-refractivity contribution in [2.75, 3.05) is 0 Å². The zero-order chi connectivity index (χ0) is 23.8. The van der Waals surface area contributed by atoms with Crippen molar-refractivity contribution in [3.05, 3.63) is 58.5 Å². The maximum atomic E-state index is 8.08. The Kier molecular flexibility index (Phi) is 6.96. The summed E-state index contributed by atoms with van der Waals surface area (Å²) in [6, 6.07) is 4.62. The highest BCUT2D eigenvalue weighted by atomic mass is 35.5. The number of hydrogen-bond acceptors (Lipinski definition) is 5. The molecule has 2 N–H and O–H groups in total. The van der Waals surface area contributed by atoms with Gasteiger partial charge < -0.3 is 19.2 Å². The molecule has 2 atom stereocenters. The third-order valence-corrected chi connectivity index (χ3v) is 6.69. The molecule has 1 aliphatic carbocycles. The molecule has 0 amide bonds. The van der Waals surface area contributed by atoms with E-state index < -0.39 is 5.79 Å². The van der Waals surface area contributed by atoms with Gasteiger partial charge >= 0.3 is 0 Å². The largest absolute Gasteiger partial charge is 0.366 e. The van der Waals surface area contributed by atoms with Crippen LogP contribution < -0.4 is 0 Å². The summed E-state index contributed by atoms with van der Waals surface area (Å²) in [6.07, 6.45) is 13.2. The van der Waals surface area contributed by atoms with Crippen molar-refractivity contribution in [1.82, 2.24) is 23.9 Å². The van der Waals surface area contributed by atoms with Crippen LogP contribution in [0.15, 0.2) is 37.1 Å². The first kappa shape index (κ1) is 24.0. The molecule has 7 nitrogen and oxygen atoms in total. The van der Waals surface area contributed by atoms with Gasteiger partial charge in [-0.3, -0.25) is 0 Å². The standard InChI is InChI=1S/C21H21Cl2N5.C3H8O2/c1-13-10-24-19-9-15(18(22)11-28(13)19)4-2-14-3-5-16(8-14)27-7-6-17-20(23)25-12-26-21(17)27;1-3(2,4)5/h6-7,9-12,14,16H,2-5,8H2,1H3;4-5H,1-2H3. The summed E-state index contributed by atoms with van der Waals surface area (Å²) in [4.78, 5) is 13.0. The second-order valence-electron chi connectivity index (χ2n) is 9.27. The summed E-state index contributed by atoms with van der Waals surface area (Å²) >= 11 is 12.7. The SMILES string of the molecule is CC(C)(O)O.Cc1cnc2cc(CCC3CCC(n4ccc5c(Cl)ncnc54)C3)c(Cl)cn12. The zero-order valence-corrected chi connectivity index (χ0v) is 20.6. The average molecular weight is 490 g/mol. The van der Waals surface area contributed by atoms with Gasteiger partial charge in [-0.2, -0.15) is 0 Å². The Hall–Kier alpha value is -2.19. The number of aliphatic hydroxyl groups is 2. The van der Waals surface area contributed by atoms with Crippen LogP contribution in [0.25, 0.3) is 16.7 Å². The molecule has 0 aromatic carbocycles. The van der Waals surface area contributed by atoms with Crippen molar-refractivity contribution in [3.8, 4) is 0 Å². The van der Waals surface area contributed by atoms with Crippen LogP contribution in [0.5, 0.6) is 0 Å². The lowest BCUT2D eigenvalue weighted by molar-refractivity contribution is -0.127. The summed E-state index contributed by atoms with van der Waals surface area (Å²) in [7, 11) is 0. The minimum Gasteiger partial charge on any atom is -0.366 e. The van der Waals surface area contributed by atoms with Crippen LogP contribution in [0.4, 0.5) is 0 Å². The summed E-state index contributed by atoms with van der Waals surface area (Å²) in [5, 5.41) is 18.4. The number of rotatable bonds is 4. The Bertz CT molecular complexity index is 1260. The molecule has 9 heteroatoms. The highest BCUT2D eigenvalue weighted by Crippen LogP contribution is 2.39. The Balaban J connectivity index is 0.000000471. The monoisotopic (exact) mass is 489 g/mol. The number of nitrogens with zero attached hydrogens (tertiary/aromatic N) is 5. The minimum absolute atomic E-state index is 0.473. The highest BCUT2D eigenvalue weighted by Gasteiger charge is 2.27. The Morgan fingerprint density at radius 3 is 2.67 bits per heavy atom. The number of aromatic nitrogens is 5. The van der Waals surface area contributed by atoms with E-state index in [0.29, 0.717) is 17.1 Å². The van der Waals surface area contributed by atoms with Crippen molar-refractivity contribution in [2.45, 2.75) is 64.7 Å². The molecule has 5 rings (SSSR count). The molecular formula is C24H29Cl2N5O2. The van der Waals surface area contributed by atoms with Crippen molar-refractivity contribution < 1.29 is 10.2 Å². The zero-order valence-electron chi connectivity index (χ0n) is 19.0. The van der Waals surface area contributed by atoms with Crippen LogP contribution in [0, 0.1) is 12.8 Å². The Morgan fingerprint density at radius 1 is 1.15 bits per heavy atom. The first-order valence-electron chi connectivity index (χ1n) is 11.1. The summed E-state index contributed by atoms with van der Waals surface area (Å²) in [5.41, 5.74) is 4.20. The molecule has 1 aliphatic rings. The van der Waals surface area contributed by atoms with Gasteiger partial charge in [-0.1, -0.05) is 23.2 Å². The van der Waals surface area contributed by atoms with Gasteiger partial charge in [0.15, 0.2) is 5.79 Å². The summed E-state index contributed by atoms with van der Waals surface area (Å²) in [6.45, 7) is 4.64. The van der Waals surface area contributed by atoms with E-state index in [1.54, 1.807) is 6.33 Å². The molecule has 33 heavy (non-hydrogen) atoms. The maximum absolute atomic E-state index is 8.08. The summed E-state index contributed by atoms with van der Waals surface area (Å²) in [5.74, 6) is -0.812. The second-order valence-corrected chi connectivity index (χ2v) is 10.0. The molecular weight excluding hydrogens is 461 g/mol. The van der Waals surface area contributed by atoms with Gasteiger partial charge in [0, 0.05) is 30.3 Å². The second kappa shape index (κ2) is 9.58. The molecule has 0 spiro atoms. The molecule has 176 valence electrons. The number of imidazole rings is 1. The molecule has 0 saturated heterocycles. The molecule has 1 fully saturated rings. The first-order valence-corrected chi connectivity index (χ1v) is 11.9. The van der Waals surface area contributed by atoms with Gasteiger partial charge in [0.1, 0.15) is 22.8 Å². The normalized spacial score (nSPS) is 18.6.